The Morgan fingerprint density at radius 2 is 0.440 bits per heavy atom. The SMILES string of the molecule is CN(C)c1ccc([C+](c2ccc(N(C)C)cc2)C2c3cc(OCc4ccccc4)c(OCc4ccccc4)c(OCc4ccccc4)c3-c3c(cc(OCc4ccccc4)c(OCc4ccccc4)c3OCc3ccccc3)C2[C+](c2ccc(N(C)C)cc2)c2ccc(N(C)C)cc2)cc1. The number of ether oxygens (including phenoxy) is 6. The van der Waals surface area contributed by atoms with Crippen LogP contribution in [-0.4, -0.2) is 56.4 Å². The lowest BCUT2D eigenvalue weighted by atomic mass is 9.58. The van der Waals surface area contributed by atoms with E-state index in [4.69, 9.17) is 28.4 Å². The fourth-order valence-corrected chi connectivity index (χ4v) is 13.2. The molecule has 100 heavy (non-hydrogen) atoms. The van der Waals surface area contributed by atoms with Gasteiger partial charge in [-0.25, -0.2) is 0 Å². The molecule has 0 N–H and O–H groups in total. The normalized spacial score (nSPS) is 12.8. The van der Waals surface area contributed by atoms with E-state index in [0.717, 1.165) is 112 Å². The highest BCUT2D eigenvalue weighted by Gasteiger charge is 2.53. The standard InChI is InChI=1S/C90H86N4O6/c1-91(2)73-47-39-69(40-48-73)81(70-41-49-74(50-42-70)92(3)4)83-77-55-79(95-57-63-27-15-9-16-28-63)87(97-59-65-31-19-11-20-32-65)89(99-61-67-35-23-13-24-36-67)85(77)86-78(84(83)82(71-43-51-75(52-44-71)93(5)6)72-45-53-76(54-46-72)94(7)8)56-80(96-58-64-29-17-10-18-30-64)88(98-60-66-33-21-12-22-34-66)90(86)100-62-68-37-25-14-26-38-68/h9-56,83-84H,57-62H2,1-8H3/q+2. The van der Waals surface area contributed by atoms with Crippen LogP contribution in [0, 0.1) is 11.8 Å². The van der Waals surface area contributed by atoms with E-state index < -0.39 is 11.8 Å². The van der Waals surface area contributed by atoms with Gasteiger partial charge in [0.1, 0.15) is 39.6 Å². The molecule has 13 rings (SSSR count). The Morgan fingerprint density at radius 1 is 0.240 bits per heavy atom. The van der Waals surface area contributed by atoms with Crippen LogP contribution in [0.4, 0.5) is 22.7 Å². The van der Waals surface area contributed by atoms with Crippen LogP contribution in [0.2, 0.25) is 0 Å². The second kappa shape index (κ2) is 31.3. The van der Waals surface area contributed by atoms with Gasteiger partial charge in [-0.3, -0.25) is 0 Å². The minimum Gasteiger partial charge on any atom is -0.485 e. The average molecular weight is 1320 g/mol. The molecule has 500 valence electrons. The zero-order valence-corrected chi connectivity index (χ0v) is 58.3. The minimum absolute atomic E-state index is 0.179. The molecule has 1 aliphatic carbocycles. The molecule has 0 aliphatic heterocycles. The maximum Gasteiger partial charge on any atom is 0.204 e. The smallest absolute Gasteiger partial charge is 0.204 e. The lowest BCUT2D eigenvalue weighted by Gasteiger charge is -2.42. The van der Waals surface area contributed by atoms with E-state index in [2.05, 4.69) is 307 Å². The van der Waals surface area contributed by atoms with E-state index in [0.29, 0.717) is 34.5 Å². The molecule has 0 saturated heterocycles. The quantitative estimate of drug-likeness (QED) is 0.0443. The molecule has 1 aliphatic rings. The van der Waals surface area contributed by atoms with E-state index in [1.54, 1.807) is 0 Å². The molecule has 0 bridgehead atoms. The second-order valence-electron chi connectivity index (χ2n) is 26.2. The highest BCUT2D eigenvalue weighted by molar-refractivity contribution is 5.93. The maximum atomic E-state index is 7.77. The first-order valence-corrected chi connectivity index (χ1v) is 34.2. The van der Waals surface area contributed by atoms with Gasteiger partial charge in [0.15, 0.2) is 23.0 Å². The number of benzene rings is 12. The summed E-state index contributed by atoms with van der Waals surface area (Å²) in [5.74, 6) is 3.89. The van der Waals surface area contributed by atoms with Crippen molar-refractivity contribution in [1.82, 2.24) is 0 Å². The van der Waals surface area contributed by atoms with Gasteiger partial charge in [-0.15, -0.1) is 0 Å². The van der Waals surface area contributed by atoms with Crippen LogP contribution in [-0.2, 0) is 39.6 Å². The number of anilines is 4. The van der Waals surface area contributed by atoms with Crippen LogP contribution < -0.4 is 48.0 Å². The van der Waals surface area contributed by atoms with Gasteiger partial charge in [-0.2, -0.15) is 0 Å². The van der Waals surface area contributed by atoms with Crippen molar-refractivity contribution in [3.8, 4) is 45.6 Å². The first kappa shape index (κ1) is 67.0. The predicted molar refractivity (Wildman–Crippen MR) is 408 cm³/mol. The van der Waals surface area contributed by atoms with Crippen LogP contribution in [0.1, 0.15) is 78.6 Å². The van der Waals surface area contributed by atoms with E-state index >= 15 is 0 Å². The zero-order chi connectivity index (χ0) is 68.9. The maximum absolute atomic E-state index is 7.77. The molecule has 10 heteroatoms. The fraction of sp³-hybridized carbons (Fsp3) is 0.178. The van der Waals surface area contributed by atoms with Crippen LogP contribution in [0.3, 0.4) is 0 Å². The van der Waals surface area contributed by atoms with Gasteiger partial charge in [0.25, 0.3) is 0 Å². The Morgan fingerprint density at radius 3 is 0.650 bits per heavy atom. The monoisotopic (exact) mass is 1320 g/mol. The topological polar surface area (TPSA) is 68.3 Å². The van der Waals surface area contributed by atoms with Crippen LogP contribution in [0.15, 0.2) is 291 Å². The number of hydrogen-bond acceptors (Lipinski definition) is 10. The fourth-order valence-electron chi connectivity index (χ4n) is 13.2. The zero-order valence-electron chi connectivity index (χ0n) is 58.3. The van der Waals surface area contributed by atoms with Gasteiger partial charge >= 0.3 is 0 Å². The average Bonchev–Trinajstić information content (AvgIpc) is 0.699. The molecule has 12 aromatic carbocycles. The molecule has 0 heterocycles. The van der Waals surface area contributed by atoms with E-state index in [1.807, 2.05) is 60.7 Å². The minimum atomic E-state index is -0.573. The Hall–Kier alpha value is -11.6. The number of nitrogens with zero attached hydrogens (tertiary/aromatic N) is 4. The highest BCUT2D eigenvalue weighted by Crippen LogP contribution is 2.67. The molecule has 0 radical (unpaired) electrons. The first-order chi connectivity index (χ1) is 48.9. The van der Waals surface area contributed by atoms with Crippen molar-refractivity contribution >= 4 is 22.7 Å². The lowest BCUT2D eigenvalue weighted by molar-refractivity contribution is 0.227. The van der Waals surface area contributed by atoms with E-state index in [9.17, 15) is 0 Å². The van der Waals surface area contributed by atoms with Crippen LogP contribution in [0.5, 0.6) is 34.5 Å². The van der Waals surface area contributed by atoms with Crippen molar-refractivity contribution in [2.45, 2.75) is 51.5 Å². The van der Waals surface area contributed by atoms with Crippen LogP contribution >= 0.6 is 0 Å². The van der Waals surface area contributed by atoms with Gasteiger partial charge in [-0.05, 0) is 105 Å². The molecule has 0 fully saturated rings. The number of hydrogen-bond donors (Lipinski definition) is 0. The second-order valence-corrected chi connectivity index (χ2v) is 26.2. The van der Waals surface area contributed by atoms with Gasteiger partial charge in [-0.1, -0.05) is 182 Å². The van der Waals surface area contributed by atoms with Gasteiger partial charge < -0.3 is 48.0 Å². The van der Waals surface area contributed by atoms with Crippen molar-refractivity contribution in [3.63, 3.8) is 0 Å². The summed E-state index contributed by atoms with van der Waals surface area (Å²) < 4.78 is 45.4. The lowest BCUT2D eigenvalue weighted by Crippen LogP contribution is -2.31. The number of fused-ring (bicyclic) bond motifs is 3. The molecule has 0 saturated carbocycles. The summed E-state index contributed by atoms with van der Waals surface area (Å²) in [6, 6.07) is 103. The van der Waals surface area contributed by atoms with E-state index in [1.165, 1.54) is 0 Å². The Balaban J connectivity index is 1.23. The first-order valence-electron chi connectivity index (χ1n) is 34.2. The molecule has 2 unspecified atom stereocenters. The van der Waals surface area contributed by atoms with Crippen molar-refractivity contribution in [2.24, 2.45) is 0 Å². The Bertz CT molecular complexity index is 4180. The third kappa shape index (κ3) is 15.4. The highest BCUT2D eigenvalue weighted by atomic mass is 16.6. The molecule has 12 aromatic rings. The van der Waals surface area contributed by atoms with Crippen molar-refractivity contribution < 1.29 is 28.4 Å². The summed E-state index contributed by atoms with van der Waals surface area (Å²) in [6.07, 6.45) is 0. The molecule has 10 nitrogen and oxygen atoms in total. The third-order valence-electron chi connectivity index (χ3n) is 18.5. The van der Waals surface area contributed by atoms with Crippen LogP contribution in [0.25, 0.3) is 11.1 Å². The number of rotatable bonds is 28. The van der Waals surface area contributed by atoms with Gasteiger partial charge in [0, 0.05) is 116 Å². The molecular formula is C90H86N4O6+2. The van der Waals surface area contributed by atoms with Gasteiger partial charge in [0.05, 0.1) is 68.7 Å². The molecule has 0 spiro atoms. The molecule has 0 amide bonds. The predicted octanol–water partition coefficient (Wildman–Crippen LogP) is 19.6. The largest absolute Gasteiger partial charge is 0.485 e. The van der Waals surface area contributed by atoms with Gasteiger partial charge in [0.2, 0.25) is 11.5 Å². The summed E-state index contributed by atoms with van der Waals surface area (Å²) in [7, 11) is 16.7. The van der Waals surface area contributed by atoms with Crippen molar-refractivity contribution in [1.29, 1.82) is 0 Å². The Kier molecular flexibility index (Phi) is 20.9. The van der Waals surface area contributed by atoms with E-state index in [-0.39, 0.29) is 39.6 Å². The molecule has 2 atom stereocenters. The van der Waals surface area contributed by atoms with Crippen molar-refractivity contribution in [2.75, 3.05) is 76.0 Å². The summed E-state index contributed by atoms with van der Waals surface area (Å²) in [4.78, 5) is 8.61. The summed E-state index contributed by atoms with van der Waals surface area (Å²) in [6.45, 7) is 1.23. The molecule has 0 aromatic heterocycles. The Labute approximate surface area is 590 Å². The summed E-state index contributed by atoms with van der Waals surface area (Å²) in [5.41, 5.74) is 17.7. The third-order valence-corrected chi connectivity index (χ3v) is 18.5. The summed E-state index contributed by atoms with van der Waals surface area (Å²) >= 11 is 0. The summed E-state index contributed by atoms with van der Waals surface area (Å²) in [5, 5.41) is 0. The van der Waals surface area contributed by atoms with Crippen molar-refractivity contribution in [3.05, 3.63) is 370 Å². The molecular weight excluding hydrogens is 1230 g/mol.